The first-order chi connectivity index (χ1) is 10.1. The van der Waals surface area contributed by atoms with Gasteiger partial charge in [-0.15, -0.1) is 0 Å². The Bertz CT molecular complexity index is 492. The summed E-state index contributed by atoms with van der Waals surface area (Å²) in [7, 11) is 0. The van der Waals surface area contributed by atoms with Crippen LogP contribution >= 0.6 is 15.9 Å². The highest BCUT2D eigenvalue weighted by Crippen LogP contribution is 2.24. The molecular weight excluding hydrogens is 330 g/mol. The molecule has 0 aliphatic carbocycles. The van der Waals surface area contributed by atoms with Gasteiger partial charge in [-0.05, 0) is 56.0 Å². The molecule has 1 aliphatic rings. The van der Waals surface area contributed by atoms with Crippen molar-refractivity contribution in [1.29, 1.82) is 0 Å². The lowest BCUT2D eigenvalue weighted by Crippen LogP contribution is -2.30. The van der Waals surface area contributed by atoms with Gasteiger partial charge in [0.05, 0.1) is 0 Å². The van der Waals surface area contributed by atoms with E-state index in [1.54, 1.807) is 0 Å². The molecule has 1 unspecified atom stereocenters. The largest absolute Gasteiger partial charge is 0.299 e. The molecule has 1 heterocycles. The predicted octanol–water partition coefficient (Wildman–Crippen LogP) is 3.06. The van der Waals surface area contributed by atoms with Crippen LogP contribution in [0.3, 0.4) is 0 Å². The highest BCUT2D eigenvalue weighted by atomic mass is 79.9. The summed E-state index contributed by atoms with van der Waals surface area (Å²) in [6.45, 7) is 5.55. The third kappa shape index (κ3) is 4.53. The van der Waals surface area contributed by atoms with Crippen molar-refractivity contribution in [1.82, 2.24) is 10.3 Å². The first kappa shape index (κ1) is 16.5. The van der Waals surface area contributed by atoms with Crippen molar-refractivity contribution in [3.63, 3.8) is 0 Å². The number of carbonyl (C=O) groups is 1. The molecule has 3 N–H and O–H groups in total. The van der Waals surface area contributed by atoms with E-state index in [-0.39, 0.29) is 5.91 Å². The van der Waals surface area contributed by atoms with Crippen molar-refractivity contribution in [2.24, 2.45) is 11.8 Å². The molecule has 1 saturated heterocycles. The molecule has 1 fully saturated rings. The lowest BCUT2D eigenvalue weighted by molar-refractivity contribution is 0.0953. The second-order valence-corrected chi connectivity index (χ2v) is 6.62. The molecule has 4 nitrogen and oxygen atoms in total. The Labute approximate surface area is 135 Å². The van der Waals surface area contributed by atoms with E-state index in [0.29, 0.717) is 5.56 Å². The molecule has 116 valence electrons. The minimum Gasteiger partial charge on any atom is -0.299 e. The van der Waals surface area contributed by atoms with Gasteiger partial charge in [-0.2, -0.15) is 0 Å². The van der Waals surface area contributed by atoms with Gasteiger partial charge in [-0.25, -0.2) is 5.84 Å². The first-order valence-electron chi connectivity index (χ1n) is 7.65. The van der Waals surface area contributed by atoms with Crippen LogP contribution in [0, 0.1) is 5.92 Å². The number of benzene rings is 1. The Kier molecular flexibility index (Phi) is 6.21. The van der Waals surface area contributed by atoms with Crippen molar-refractivity contribution in [2.75, 3.05) is 13.1 Å². The molecule has 0 spiro atoms. The smallest absolute Gasteiger partial charge is 0.265 e. The van der Waals surface area contributed by atoms with Crippen LogP contribution in [0.2, 0.25) is 0 Å². The van der Waals surface area contributed by atoms with E-state index in [9.17, 15) is 4.79 Å². The number of hydrogen-bond donors (Lipinski definition) is 2. The summed E-state index contributed by atoms with van der Waals surface area (Å²) in [6.07, 6.45) is 5.22. The maximum Gasteiger partial charge on any atom is 0.265 e. The van der Waals surface area contributed by atoms with Gasteiger partial charge in [-0.1, -0.05) is 35.3 Å². The van der Waals surface area contributed by atoms with Crippen LogP contribution in [0.4, 0.5) is 0 Å². The Hall–Kier alpha value is -0.910. The number of hydrogen-bond acceptors (Lipinski definition) is 3. The number of nitrogens with one attached hydrogen (secondary N) is 1. The van der Waals surface area contributed by atoms with Crippen LogP contribution in [0.1, 0.15) is 48.5 Å². The van der Waals surface area contributed by atoms with Crippen LogP contribution in [-0.4, -0.2) is 23.9 Å². The highest BCUT2D eigenvalue weighted by Gasteiger charge is 2.17. The van der Waals surface area contributed by atoms with Crippen molar-refractivity contribution in [2.45, 2.75) is 39.2 Å². The molecule has 1 atom stereocenters. The standard InChI is InChI=1S/C16H24BrN3O/c1-2-12-4-3-8-20(9-7-12)11-14-6-5-13(10-15(14)17)16(21)19-18/h5-6,10,12H,2-4,7-9,11,18H2,1H3,(H,19,21). The third-order valence-electron chi connectivity index (χ3n) is 4.36. The number of hydrazine groups is 1. The summed E-state index contributed by atoms with van der Waals surface area (Å²) in [5.41, 5.74) is 3.96. The summed E-state index contributed by atoms with van der Waals surface area (Å²) in [5, 5.41) is 0. The molecule has 2 rings (SSSR count). The number of nitrogens with two attached hydrogens (primary N) is 1. The molecule has 21 heavy (non-hydrogen) atoms. The van der Waals surface area contributed by atoms with Gasteiger partial charge in [0.1, 0.15) is 0 Å². The topological polar surface area (TPSA) is 58.4 Å². The Balaban J connectivity index is 2.01. The number of likely N-dealkylation sites (tertiary alicyclic amines) is 1. The van der Waals surface area contributed by atoms with Crippen LogP contribution in [0.5, 0.6) is 0 Å². The van der Waals surface area contributed by atoms with E-state index in [1.165, 1.54) is 31.2 Å². The second-order valence-electron chi connectivity index (χ2n) is 5.76. The number of rotatable bonds is 4. The summed E-state index contributed by atoms with van der Waals surface area (Å²) in [6, 6.07) is 5.68. The van der Waals surface area contributed by atoms with E-state index in [0.717, 1.165) is 30.0 Å². The van der Waals surface area contributed by atoms with E-state index in [2.05, 4.69) is 33.2 Å². The molecule has 1 amide bonds. The quantitative estimate of drug-likeness (QED) is 0.496. The fraction of sp³-hybridized carbons (Fsp3) is 0.562. The molecule has 1 aliphatic heterocycles. The predicted molar refractivity (Wildman–Crippen MR) is 88.7 cm³/mol. The average Bonchev–Trinajstić information content (AvgIpc) is 2.73. The monoisotopic (exact) mass is 353 g/mol. The van der Waals surface area contributed by atoms with Gasteiger partial charge in [0.15, 0.2) is 0 Å². The third-order valence-corrected chi connectivity index (χ3v) is 5.10. The van der Waals surface area contributed by atoms with Crippen LogP contribution in [0.25, 0.3) is 0 Å². The summed E-state index contributed by atoms with van der Waals surface area (Å²) in [4.78, 5) is 14.0. The number of amides is 1. The van der Waals surface area contributed by atoms with E-state index < -0.39 is 0 Å². The number of halogens is 1. The number of carbonyl (C=O) groups excluding carboxylic acids is 1. The van der Waals surface area contributed by atoms with E-state index in [4.69, 9.17) is 5.84 Å². The maximum absolute atomic E-state index is 11.5. The zero-order chi connectivity index (χ0) is 15.2. The molecular formula is C16H24BrN3O. The maximum atomic E-state index is 11.5. The van der Waals surface area contributed by atoms with Crippen LogP contribution in [0.15, 0.2) is 22.7 Å². The SMILES string of the molecule is CCC1CCCN(Cc2ccc(C(=O)NN)cc2Br)CC1. The molecule has 0 aromatic heterocycles. The van der Waals surface area contributed by atoms with Gasteiger partial charge < -0.3 is 0 Å². The molecule has 0 saturated carbocycles. The van der Waals surface area contributed by atoms with Crippen molar-refractivity contribution in [3.8, 4) is 0 Å². The normalized spacial score (nSPS) is 20.0. The van der Waals surface area contributed by atoms with Crippen LogP contribution in [-0.2, 0) is 6.54 Å². The van der Waals surface area contributed by atoms with Crippen molar-refractivity contribution < 1.29 is 4.79 Å². The second kappa shape index (κ2) is 7.92. The first-order valence-corrected chi connectivity index (χ1v) is 8.45. The van der Waals surface area contributed by atoms with Gasteiger partial charge in [0, 0.05) is 16.6 Å². The Morgan fingerprint density at radius 1 is 1.43 bits per heavy atom. The van der Waals surface area contributed by atoms with Crippen molar-refractivity contribution >= 4 is 21.8 Å². The van der Waals surface area contributed by atoms with E-state index in [1.807, 2.05) is 18.2 Å². The molecule has 1 aromatic carbocycles. The Morgan fingerprint density at radius 2 is 2.24 bits per heavy atom. The van der Waals surface area contributed by atoms with Gasteiger partial charge in [0.25, 0.3) is 5.91 Å². The van der Waals surface area contributed by atoms with Gasteiger partial charge in [0.2, 0.25) is 0 Å². The van der Waals surface area contributed by atoms with Crippen molar-refractivity contribution in [3.05, 3.63) is 33.8 Å². The summed E-state index contributed by atoms with van der Waals surface area (Å²) in [5.74, 6) is 5.78. The molecule has 0 radical (unpaired) electrons. The zero-order valence-corrected chi connectivity index (χ0v) is 14.2. The van der Waals surface area contributed by atoms with Gasteiger partial charge in [-0.3, -0.25) is 15.1 Å². The average molecular weight is 354 g/mol. The van der Waals surface area contributed by atoms with E-state index >= 15 is 0 Å². The fourth-order valence-electron chi connectivity index (χ4n) is 2.93. The number of nitrogens with zero attached hydrogens (tertiary/aromatic N) is 1. The van der Waals surface area contributed by atoms with Crippen LogP contribution < -0.4 is 11.3 Å². The lowest BCUT2D eigenvalue weighted by atomic mass is 9.98. The highest BCUT2D eigenvalue weighted by molar-refractivity contribution is 9.10. The molecule has 5 heteroatoms. The molecule has 1 aromatic rings. The minimum atomic E-state index is -0.261. The minimum absolute atomic E-state index is 0.261. The zero-order valence-electron chi connectivity index (χ0n) is 12.6. The van der Waals surface area contributed by atoms with Gasteiger partial charge >= 0.3 is 0 Å². The Morgan fingerprint density at radius 3 is 2.90 bits per heavy atom. The lowest BCUT2D eigenvalue weighted by Gasteiger charge is -2.21. The summed E-state index contributed by atoms with van der Waals surface area (Å²) < 4.78 is 0.972. The number of nitrogen functional groups attached to an aromatic ring is 1. The fourth-order valence-corrected chi connectivity index (χ4v) is 3.44. The summed E-state index contributed by atoms with van der Waals surface area (Å²) >= 11 is 3.57. The molecule has 0 bridgehead atoms.